The molecule has 2 aliphatic heterocycles. The fourth-order valence-electron chi connectivity index (χ4n) is 5.30. The lowest BCUT2D eigenvalue weighted by molar-refractivity contribution is -0.0796. The minimum absolute atomic E-state index is 0.407. The van der Waals surface area contributed by atoms with E-state index >= 15 is 0 Å². The zero-order valence-electron chi connectivity index (χ0n) is 13.7. The van der Waals surface area contributed by atoms with Crippen molar-refractivity contribution in [1.82, 2.24) is 9.88 Å². The lowest BCUT2D eigenvalue weighted by Crippen LogP contribution is -2.50. The summed E-state index contributed by atoms with van der Waals surface area (Å²) in [5.74, 6) is 1.72. The number of hydrogen-bond donors (Lipinski definition) is 1. The van der Waals surface area contributed by atoms with Crippen molar-refractivity contribution in [3.8, 4) is 0 Å². The molecule has 3 heteroatoms. The summed E-state index contributed by atoms with van der Waals surface area (Å²) in [4.78, 5) is 6.11. The quantitative estimate of drug-likeness (QED) is 0.910. The monoisotopic (exact) mass is 310 g/mol. The van der Waals surface area contributed by atoms with Crippen LogP contribution in [0.4, 0.5) is 0 Å². The average molecular weight is 310 g/mol. The number of rotatable bonds is 2. The number of aromatic nitrogens is 1. The first-order chi connectivity index (χ1) is 11.4. The van der Waals surface area contributed by atoms with E-state index in [9.17, 15) is 0 Å². The molecular weight excluding hydrogens is 284 g/mol. The predicted octanol–water partition coefficient (Wildman–Crippen LogP) is 3.95. The smallest absolute Gasteiger partial charge is 0.114 e. The van der Waals surface area contributed by atoms with E-state index in [-0.39, 0.29) is 0 Å². The summed E-state index contributed by atoms with van der Waals surface area (Å²) in [7, 11) is 0. The molecular formula is C20H26N2O. The number of ether oxygens (including phenoxy) is 1. The van der Waals surface area contributed by atoms with Gasteiger partial charge in [0.2, 0.25) is 0 Å². The van der Waals surface area contributed by atoms with E-state index in [4.69, 9.17) is 4.74 Å². The van der Waals surface area contributed by atoms with E-state index in [1.54, 1.807) is 0 Å². The van der Waals surface area contributed by atoms with Gasteiger partial charge in [0.15, 0.2) is 0 Å². The van der Waals surface area contributed by atoms with Crippen molar-refractivity contribution < 1.29 is 4.74 Å². The third-order valence-electron chi connectivity index (χ3n) is 6.48. The number of aromatic amines is 1. The number of para-hydroxylation sites is 1. The zero-order valence-corrected chi connectivity index (χ0v) is 13.7. The minimum atomic E-state index is 0.407. The number of fused-ring (bicyclic) bond motifs is 4. The van der Waals surface area contributed by atoms with Crippen LogP contribution < -0.4 is 0 Å². The molecule has 3 nitrogen and oxygen atoms in total. The van der Waals surface area contributed by atoms with E-state index in [2.05, 4.69) is 40.3 Å². The summed E-state index contributed by atoms with van der Waals surface area (Å²) in [6.07, 6.45) is 10.8. The van der Waals surface area contributed by atoms with Gasteiger partial charge in [0.25, 0.3) is 0 Å². The molecule has 3 aliphatic rings. The Hall–Kier alpha value is -1.32. The highest BCUT2D eigenvalue weighted by atomic mass is 16.5. The third-order valence-corrected chi connectivity index (χ3v) is 6.48. The van der Waals surface area contributed by atoms with Crippen LogP contribution in [0, 0.1) is 11.8 Å². The summed E-state index contributed by atoms with van der Waals surface area (Å²) in [5, 5.41) is 1.38. The first-order valence-electron chi connectivity index (χ1n) is 9.32. The van der Waals surface area contributed by atoms with Gasteiger partial charge in [0.05, 0.1) is 6.61 Å². The van der Waals surface area contributed by atoms with E-state index in [1.807, 2.05) is 0 Å². The van der Waals surface area contributed by atoms with Gasteiger partial charge in [-0.2, -0.15) is 0 Å². The molecule has 2 aromatic rings. The Labute approximate surface area is 138 Å². The Morgan fingerprint density at radius 2 is 2.04 bits per heavy atom. The molecule has 122 valence electrons. The van der Waals surface area contributed by atoms with Gasteiger partial charge in [0.1, 0.15) is 6.23 Å². The van der Waals surface area contributed by atoms with Crippen molar-refractivity contribution in [2.75, 3.05) is 13.2 Å². The Bertz CT molecular complexity index is 694. The molecule has 2 saturated heterocycles. The standard InChI is InChI=1S/C20H26N2O/c1-2-7-18-14(5-1)9-10-22-16(13-23-20(18)22)11-15-12-21-19-8-4-3-6-17(15)19/h3-4,6,8,12,14,16,18,20-21H,1-2,5,7,9-11,13H2/t14-,16-,18+,20-/m0/s1. The van der Waals surface area contributed by atoms with E-state index < -0.39 is 0 Å². The van der Waals surface area contributed by atoms with Gasteiger partial charge >= 0.3 is 0 Å². The molecule has 0 amide bonds. The van der Waals surface area contributed by atoms with Crippen LogP contribution in [0.3, 0.4) is 0 Å². The second-order valence-electron chi connectivity index (χ2n) is 7.68. The SMILES string of the molecule is c1ccc2c(C[C@H]3CO[C@H]4[C@@H]5CCCC[C@H]5CCN34)c[nH]c2c1. The van der Waals surface area contributed by atoms with E-state index in [0.717, 1.165) is 24.9 Å². The maximum atomic E-state index is 6.32. The average Bonchev–Trinajstić information content (AvgIpc) is 3.20. The van der Waals surface area contributed by atoms with Gasteiger partial charge in [-0.15, -0.1) is 0 Å². The highest BCUT2D eigenvalue weighted by Gasteiger charge is 2.45. The normalized spacial score (nSPS) is 34.4. The Balaban J connectivity index is 1.36. The Morgan fingerprint density at radius 1 is 1.13 bits per heavy atom. The summed E-state index contributed by atoms with van der Waals surface area (Å²) < 4.78 is 6.32. The fraction of sp³-hybridized carbons (Fsp3) is 0.600. The molecule has 4 atom stereocenters. The van der Waals surface area contributed by atoms with Crippen LogP contribution in [-0.4, -0.2) is 35.3 Å². The molecule has 0 spiro atoms. The van der Waals surface area contributed by atoms with Crippen molar-refractivity contribution in [3.63, 3.8) is 0 Å². The molecule has 23 heavy (non-hydrogen) atoms. The van der Waals surface area contributed by atoms with Gasteiger partial charge in [0, 0.05) is 35.6 Å². The topological polar surface area (TPSA) is 28.3 Å². The summed E-state index contributed by atoms with van der Waals surface area (Å²) >= 11 is 0. The third kappa shape index (κ3) is 2.33. The fourth-order valence-corrected chi connectivity index (χ4v) is 5.30. The molecule has 1 aliphatic carbocycles. The van der Waals surface area contributed by atoms with Crippen LogP contribution in [0.25, 0.3) is 10.9 Å². The molecule has 3 fully saturated rings. The van der Waals surface area contributed by atoms with E-state index in [0.29, 0.717) is 12.3 Å². The van der Waals surface area contributed by atoms with Crippen LogP contribution in [0.2, 0.25) is 0 Å². The first kappa shape index (κ1) is 14.1. The second-order valence-corrected chi connectivity index (χ2v) is 7.68. The van der Waals surface area contributed by atoms with Crippen LogP contribution >= 0.6 is 0 Å². The number of hydrogen-bond acceptors (Lipinski definition) is 2. The van der Waals surface area contributed by atoms with Crippen LogP contribution in [0.5, 0.6) is 0 Å². The number of benzene rings is 1. The minimum Gasteiger partial charge on any atom is -0.361 e. The molecule has 1 aromatic heterocycles. The van der Waals surface area contributed by atoms with Crippen molar-refractivity contribution >= 4 is 10.9 Å². The molecule has 5 rings (SSSR count). The maximum absolute atomic E-state index is 6.32. The zero-order chi connectivity index (χ0) is 15.2. The summed E-state index contributed by atoms with van der Waals surface area (Å²) in [5.41, 5.74) is 2.70. The molecule has 1 aromatic carbocycles. The first-order valence-corrected chi connectivity index (χ1v) is 9.32. The van der Waals surface area contributed by atoms with Crippen LogP contribution in [-0.2, 0) is 11.2 Å². The largest absolute Gasteiger partial charge is 0.361 e. The lowest BCUT2D eigenvalue weighted by atomic mass is 9.74. The Morgan fingerprint density at radius 3 is 3.04 bits per heavy atom. The number of H-pyrrole nitrogens is 1. The van der Waals surface area contributed by atoms with E-state index in [1.165, 1.54) is 55.1 Å². The second kappa shape index (κ2) is 5.64. The molecule has 0 radical (unpaired) electrons. The molecule has 1 saturated carbocycles. The van der Waals surface area contributed by atoms with Crippen molar-refractivity contribution in [2.24, 2.45) is 11.8 Å². The van der Waals surface area contributed by atoms with Gasteiger partial charge in [-0.1, -0.05) is 31.0 Å². The van der Waals surface area contributed by atoms with Gasteiger partial charge < -0.3 is 9.72 Å². The lowest BCUT2D eigenvalue weighted by Gasteiger charge is -2.45. The van der Waals surface area contributed by atoms with Crippen LogP contribution in [0.1, 0.15) is 37.7 Å². The number of piperidine rings is 1. The van der Waals surface area contributed by atoms with Gasteiger partial charge in [-0.05, 0) is 43.2 Å². The van der Waals surface area contributed by atoms with Crippen molar-refractivity contribution in [3.05, 3.63) is 36.0 Å². The summed E-state index contributed by atoms with van der Waals surface area (Å²) in [6, 6.07) is 9.20. The number of nitrogens with one attached hydrogen (secondary N) is 1. The molecule has 0 bridgehead atoms. The predicted molar refractivity (Wildman–Crippen MR) is 92.3 cm³/mol. The highest BCUT2D eigenvalue weighted by Crippen LogP contribution is 2.43. The van der Waals surface area contributed by atoms with Crippen LogP contribution in [0.15, 0.2) is 30.5 Å². The summed E-state index contributed by atoms with van der Waals surface area (Å²) in [6.45, 7) is 2.15. The highest BCUT2D eigenvalue weighted by molar-refractivity contribution is 5.83. The van der Waals surface area contributed by atoms with Gasteiger partial charge in [-0.3, -0.25) is 4.90 Å². The molecule has 1 N–H and O–H groups in total. The number of nitrogens with zero attached hydrogens (tertiary/aromatic N) is 1. The van der Waals surface area contributed by atoms with Crippen molar-refractivity contribution in [1.29, 1.82) is 0 Å². The maximum Gasteiger partial charge on any atom is 0.114 e. The van der Waals surface area contributed by atoms with Gasteiger partial charge in [-0.25, -0.2) is 0 Å². The Kier molecular flexibility index (Phi) is 3.45. The molecule has 0 unspecified atom stereocenters. The molecule has 3 heterocycles. The van der Waals surface area contributed by atoms with Crippen molar-refractivity contribution in [2.45, 2.75) is 50.8 Å².